The predicted molar refractivity (Wildman–Crippen MR) is 106 cm³/mol. The number of anilines is 1. The highest BCUT2D eigenvalue weighted by Gasteiger charge is 2.25. The fraction of sp³-hybridized carbons (Fsp3) is 0.278. The van der Waals surface area contributed by atoms with Gasteiger partial charge in [0.25, 0.3) is 0 Å². The van der Waals surface area contributed by atoms with E-state index >= 15 is 0 Å². The molecule has 1 heterocycles. The molecule has 6 heteroatoms. The quantitative estimate of drug-likeness (QED) is 0.567. The Morgan fingerprint density at radius 2 is 1.62 bits per heavy atom. The molecule has 0 bridgehead atoms. The van der Waals surface area contributed by atoms with Crippen molar-refractivity contribution >= 4 is 45.3 Å². The summed E-state index contributed by atoms with van der Waals surface area (Å²) in [7, 11) is 1.76. The Morgan fingerprint density at radius 3 is 2.08 bits per heavy atom. The highest BCUT2D eigenvalue weighted by atomic mass is 35.5. The van der Waals surface area contributed by atoms with Crippen molar-refractivity contribution in [2.45, 2.75) is 27.7 Å². The zero-order valence-corrected chi connectivity index (χ0v) is 16.1. The van der Waals surface area contributed by atoms with Crippen LogP contribution in [0.25, 0.3) is 0 Å². The van der Waals surface area contributed by atoms with Gasteiger partial charge in [-0.05, 0) is 45.4 Å². The van der Waals surface area contributed by atoms with Gasteiger partial charge in [0.15, 0.2) is 0 Å². The molecule has 0 spiro atoms. The van der Waals surface area contributed by atoms with Crippen molar-refractivity contribution in [2.75, 3.05) is 11.9 Å². The summed E-state index contributed by atoms with van der Waals surface area (Å²) in [4.78, 5) is 7.32. The number of nitrogens with zero attached hydrogens (tertiary/aromatic N) is 2. The molecule has 0 amide bonds. The van der Waals surface area contributed by atoms with E-state index in [0.717, 1.165) is 32.3 Å². The molecular formula is C18H21ClN4S. The maximum absolute atomic E-state index is 8.06. The molecule has 2 rings (SSSR count). The average molecular weight is 361 g/mol. The van der Waals surface area contributed by atoms with E-state index in [1.54, 1.807) is 37.1 Å². The SMILES string of the molecule is C/N=C(/c1ccc(Cl)cc1)c1c(N(C(C)=N)C(C)=N)sc(C)c1C. The minimum Gasteiger partial charge on any atom is -0.288 e. The molecular weight excluding hydrogens is 340 g/mol. The van der Waals surface area contributed by atoms with Gasteiger partial charge in [-0.15, -0.1) is 11.3 Å². The molecule has 0 saturated heterocycles. The number of benzene rings is 1. The van der Waals surface area contributed by atoms with E-state index in [0.29, 0.717) is 16.7 Å². The maximum atomic E-state index is 8.06. The number of amidine groups is 2. The van der Waals surface area contributed by atoms with Crippen LogP contribution in [0.15, 0.2) is 29.3 Å². The fourth-order valence-corrected chi connectivity index (χ4v) is 3.98. The third-order valence-electron chi connectivity index (χ3n) is 3.82. The number of halogens is 1. The van der Waals surface area contributed by atoms with Crippen LogP contribution < -0.4 is 4.90 Å². The predicted octanol–water partition coefficient (Wildman–Crippen LogP) is 5.29. The van der Waals surface area contributed by atoms with Crippen LogP contribution in [0.1, 0.15) is 35.4 Å². The van der Waals surface area contributed by atoms with Crippen LogP contribution in [-0.2, 0) is 0 Å². The van der Waals surface area contributed by atoms with E-state index in [9.17, 15) is 0 Å². The highest BCUT2D eigenvalue weighted by molar-refractivity contribution is 7.17. The molecule has 0 fully saturated rings. The zero-order chi connectivity index (χ0) is 18.0. The number of aliphatic imine (C=N–C) groups is 1. The Labute approximate surface area is 151 Å². The van der Waals surface area contributed by atoms with Crippen LogP contribution in [0.3, 0.4) is 0 Å². The van der Waals surface area contributed by atoms with Crippen LogP contribution in [0.5, 0.6) is 0 Å². The van der Waals surface area contributed by atoms with Gasteiger partial charge in [0.2, 0.25) is 0 Å². The number of rotatable bonds is 3. The Balaban J connectivity index is 2.70. The molecule has 0 aliphatic carbocycles. The fourth-order valence-electron chi connectivity index (χ4n) is 2.59. The van der Waals surface area contributed by atoms with Crippen molar-refractivity contribution in [3.05, 3.63) is 50.9 Å². The molecule has 4 nitrogen and oxygen atoms in total. The first kappa shape index (κ1) is 18.4. The van der Waals surface area contributed by atoms with Crippen molar-refractivity contribution in [2.24, 2.45) is 4.99 Å². The van der Waals surface area contributed by atoms with Gasteiger partial charge in [0, 0.05) is 28.1 Å². The van der Waals surface area contributed by atoms with Gasteiger partial charge in [0.1, 0.15) is 16.7 Å². The number of aryl methyl sites for hydroxylation is 1. The van der Waals surface area contributed by atoms with Crippen molar-refractivity contribution in [1.29, 1.82) is 10.8 Å². The summed E-state index contributed by atoms with van der Waals surface area (Å²) in [6, 6.07) is 7.58. The van der Waals surface area contributed by atoms with Crippen molar-refractivity contribution < 1.29 is 0 Å². The molecule has 0 aliphatic rings. The minimum atomic E-state index is 0.316. The lowest BCUT2D eigenvalue weighted by molar-refractivity contribution is 1.28. The molecule has 2 N–H and O–H groups in total. The second-order valence-electron chi connectivity index (χ2n) is 5.55. The summed E-state index contributed by atoms with van der Waals surface area (Å²) in [5, 5.41) is 17.7. The van der Waals surface area contributed by atoms with Gasteiger partial charge in [-0.2, -0.15) is 0 Å². The van der Waals surface area contributed by atoms with Gasteiger partial charge in [0.05, 0.1) is 5.71 Å². The topological polar surface area (TPSA) is 63.3 Å². The largest absolute Gasteiger partial charge is 0.288 e. The zero-order valence-electron chi connectivity index (χ0n) is 14.5. The minimum absolute atomic E-state index is 0.316. The van der Waals surface area contributed by atoms with Gasteiger partial charge >= 0.3 is 0 Å². The molecule has 0 radical (unpaired) electrons. The highest BCUT2D eigenvalue weighted by Crippen LogP contribution is 2.37. The Kier molecular flexibility index (Phi) is 5.57. The summed E-state index contributed by atoms with van der Waals surface area (Å²) in [6.07, 6.45) is 0. The molecule has 0 unspecified atom stereocenters. The van der Waals surface area contributed by atoms with E-state index in [2.05, 4.69) is 18.8 Å². The molecule has 1 aromatic carbocycles. The van der Waals surface area contributed by atoms with Crippen LogP contribution >= 0.6 is 22.9 Å². The number of thiophene rings is 1. The standard InChI is InChI=1S/C18H21ClN4S/c1-10-11(2)24-18(23(12(3)20)13(4)21)16(10)17(22-5)14-6-8-15(19)9-7-14/h6-9,20-21H,1-5H3/b20-12?,21-13?,22-17-. The second kappa shape index (κ2) is 7.28. The Hall–Kier alpha value is -1.98. The number of hydrogen-bond acceptors (Lipinski definition) is 4. The van der Waals surface area contributed by atoms with E-state index in [1.807, 2.05) is 24.3 Å². The van der Waals surface area contributed by atoms with E-state index < -0.39 is 0 Å². The average Bonchev–Trinajstić information content (AvgIpc) is 2.77. The van der Waals surface area contributed by atoms with Crippen molar-refractivity contribution in [1.82, 2.24) is 0 Å². The normalized spacial score (nSPS) is 11.5. The Bertz CT molecular complexity index is 804. The summed E-state index contributed by atoms with van der Waals surface area (Å²) in [6.45, 7) is 7.50. The maximum Gasteiger partial charge on any atom is 0.112 e. The second-order valence-corrected chi connectivity index (χ2v) is 7.19. The molecule has 0 saturated carbocycles. The van der Waals surface area contributed by atoms with Crippen LogP contribution in [0.2, 0.25) is 5.02 Å². The van der Waals surface area contributed by atoms with Crippen molar-refractivity contribution in [3.8, 4) is 0 Å². The first-order chi connectivity index (χ1) is 11.3. The lowest BCUT2D eigenvalue weighted by Gasteiger charge is -2.22. The van der Waals surface area contributed by atoms with Crippen LogP contribution in [-0.4, -0.2) is 24.4 Å². The molecule has 2 aromatic rings. The number of hydrogen-bond donors (Lipinski definition) is 2. The van der Waals surface area contributed by atoms with E-state index in [-0.39, 0.29) is 0 Å². The monoisotopic (exact) mass is 360 g/mol. The summed E-state index contributed by atoms with van der Waals surface area (Å²) >= 11 is 7.59. The van der Waals surface area contributed by atoms with Crippen LogP contribution in [0.4, 0.5) is 5.00 Å². The summed E-state index contributed by atoms with van der Waals surface area (Å²) < 4.78 is 0. The van der Waals surface area contributed by atoms with Gasteiger partial charge < -0.3 is 0 Å². The molecule has 24 heavy (non-hydrogen) atoms. The van der Waals surface area contributed by atoms with E-state index in [1.165, 1.54) is 0 Å². The molecule has 126 valence electrons. The van der Waals surface area contributed by atoms with Crippen molar-refractivity contribution in [3.63, 3.8) is 0 Å². The summed E-state index contributed by atoms with van der Waals surface area (Å²) in [5.41, 5.74) is 3.91. The smallest absolute Gasteiger partial charge is 0.112 e. The number of nitrogens with one attached hydrogen (secondary N) is 2. The van der Waals surface area contributed by atoms with E-state index in [4.69, 9.17) is 22.4 Å². The third kappa shape index (κ3) is 3.42. The lowest BCUT2D eigenvalue weighted by Crippen LogP contribution is -2.32. The molecule has 0 aliphatic heterocycles. The molecule has 0 atom stereocenters. The van der Waals surface area contributed by atoms with Crippen LogP contribution in [0, 0.1) is 24.7 Å². The lowest BCUT2D eigenvalue weighted by atomic mass is 9.99. The van der Waals surface area contributed by atoms with Gasteiger partial charge in [-0.25, -0.2) is 0 Å². The van der Waals surface area contributed by atoms with Gasteiger partial charge in [-0.3, -0.25) is 20.7 Å². The Morgan fingerprint density at radius 1 is 1.08 bits per heavy atom. The first-order valence-corrected chi connectivity index (χ1v) is 8.70. The summed E-state index contributed by atoms with van der Waals surface area (Å²) in [5.74, 6) is 0.633. The third-order valence-corrected chi connectivity index (χ3v) is 5.26. The first-order valence-electron chi connectivity index (χ1n) is 7.51. The van der Waals surface area contributed by atoms with Gasteiger partial charge in [-0.1, -0.05) is 23.7 Å². The molecule has 1 aromatic heterocycles.